The first-order valence-corrected chi connectivity index (χ1v) is 17.1. The molecule has 2 saturated carbocycles. The van der Waals surface area contributed by atoms with E-state index in [4.69, 9.17) is 23.7 Å². The van der Waals surface area contributed by atoms with Gasteiger partial charge in [-0.15, -0.1) is 0 Å². The lowest BCUT2D eigenvalue weighted by atomic mass is 9.60. The molecule has 5 aliphatic rings. The number of carbonyl (C=O) groups is 1. The molecule has 1 N–H and O–H groups in total. The number of fused-ring (bicyclic) bond motifs is 5. The molecule has 3 aliphatic carbocycles. The van der Waals surface area contributed by atoms with Crippen LogP contribution >= 0.6 is 0 Å². The number of hydrogen-bond donors (Lipinski definition) is 1. The minimum atomic E-state index is -0.489. The van der Waals surface area contributed by atoms with Gasteiger partial charge in [-0.05, 0) is 92.4 Å². The Morgan fingerprint density at radius 2 is 1.70 bits per heavy atom. The maximum absolute atomic E-state index is 14.1. The Hall–Kier alpha value is -1.25. The number of hydrogen-bond acceptors (Lipinski definition) is 7. The molecule has 2 aliphatic heterocycles. The fraction of sp³-hybridized carbons (Fsp3) is 0.861. The van der Waals surface area contributed by atoms with Crippen molar-refractivity contribution in [2.24, 2.45) is 53.3 Å². The Balaban J connectivity index is 1.39. The molecule has 0 aromatic carbocycles. The molecule has 0 aromatic rings. The zero-order valence-electron chi connectivity index (χ0n) is 27.9. The molecule has 3 unspecified atom stereocenters. The molecule has 7 nitrogen and oxygen atoms in total. The second-order valence-electron chi connectivity index (χ2n) is 14.7. The third-order valence-electron chi connectivity index (χ3n) is 12.3. The number of allylic oxidation sites excluding steroid dienone is 3. The Morgan fingerprint density at radius 1 is 1.00 bits per heavy atom. The standard InChI is InChI=1S/C36H58O7/c1-10-24-13-11-12-18(2)20(4)32(37)30-17-29-27-16-25(43-36-22(6)34(39-8)35(40-9)23(7)42-36)15-26(27)21(5)33(38)31(29)28(30)14-19(3)41-24/h17-18,20-29,31,33-36,38H,3,10-16H2,1-2,4-9H3/t18-,20+,21-,22?,23?,24-,25+,26-,27+,28+,29-,31-,33+,34?,35-,36-/m0/s1. The van der Waals surface area contributed by atoms with Gasteiger partial charge in [0, 0.05) is 32.5 Å². The molecule has 2 heterocycles. The Morgan fingerprint density at radius 3 is 2.37 bits per heavy atom. The minimum Gasteiger partial charge on any atom is -0.495 e. The minimum absolute atomic E-state index is 0.00923. The highest BCUT2D eigenvalue weighted by molar-refractivity contribution is 5.98. The molecule has 244 valence electrons. The van der Waals surface area contributed by atoms with E-state index in [9.17, 15) is 9.90 Å². The molecule has 0 amide bonds. The van der Waals surface area contributed by atoms with Crippen molar-refractivity contribution >= 4 is 5.78 Å². The number of rotatable bonds is 5. The fourth-order valence-corrected chi connectivity index (χ4v) is 9.59. The molecule has 4 fully saturated rings. The van der Waals surface area contributed by atoms with E-state index >= 15 is 0 Å². The van der Waals surface area contributed by atoms with Gasteiger partial charge >= 0.3 is 0 Å². The van der Waals surface area contributed by atoms with Crippen molar-refractivity contribution in [2.75, 3.05) is 14.2 Å². The summed E-state index contributed by atoms with van der Waals surface area (Å²) in [6.45, 7) is 17.2. The summed E-state index contributed by atoms with van der Waals surface area (Å²) in [5.41, 5.74) is 0.913. The van der Waals surface area contributed by atoms with Gasteiger partial charge in [-0.1, -0.05) is 47.3 Å². The van der Waals surface area contributed by atoms with Gasteiger partial charge in [0.15, 0.2) is 12.1 Å². The average molecular weight is 603 g/mol. The first-order valence-electron chi connectivity index (χ1n) is 17.1. The molecule has 5 rings (SSSR count). The topological polar surface area (TPSA) is 83.5 Å². The van der Waals surface area contributed by atoms with Gasteiger partial charge in [0.1, 0.15) is 6.10 Å². The van der Waals surface area contributed by atoms with Crippen LogP contribution in [0.4, 0.5) is 0 Å². The maximum atomic E-state index is 14.1. The summed E-state index contributed by atoms with van der Waals surface area (Å²) >= 11 is 0. The molecule has 0 radical (unpaired) electrons. The van der Waals surface area contributed by atoms with E-state index < -0.39 is 6.10 Å². The Bertz CT molecular complexity index is 1030. The van der Waals surface area contributed by atoms with Crippen LogP contribution in [0.15, 0.2) is 24.0 Å². The first-order chi connectivity index (χ1) is 20.5. The molecule has 16 atom stereocenters. The smallest absolute Gasteiger partial charge is 0.163 e. The van der Waals surface area contributed by atoms with Gasteiger partial charge < -0.3 is 28.8 Å². The van der Waals surface area contributed by atoms with Gasteiger partial charge in [-0.2, -0.15) is 0 Å². The largest absolute Gasteiger partial charge is 0.495 e. The van der Waals surface area contributed by atoms with Gasteiger partial charge in [-0.3, -0.25) is 4.79 Å². The van der Waals surface area contributed by atoms with Crippen LogP contribution in [0, 0.1) is 53.3 Å². The summed E-state index contributed by atoms with van der Waals surface area (Å²) in [6.07, 6.45) is 7.62. The molecule has 2 saturated heterocycles. The van der Waals surface area contributed by atoms with E-state index in [2.05, 4.69) is 47.3 Å². The molecule has 0 bridgehead atoms. The summed E-state index contributed by atoms with van der Waals surface area (Å²) in [4.78, 5) is 14.1. The number of methoxy groups -OCH3 is 2. The summed E-state index contributed by atoms with van der Waals surface area (Å²) in [5, 5.41) is 11.9. The normalized spacial score (nSPS) is 49.2. The average Bonchev–Trinajstić information content (AvgIpc) is 3.57. The van der Waals surface area contributed by atoms with E-state index in [0.29, 0.717) is 24.2 Å². The van der Waals surface area contributed by atoms with Crippen LogP contribution in [0.5, 0.6) is 0 Å². The van der Waals surface area contributed by atoms with Crippen molar-refractivity contribution in [3.63, 3.8) is 0 Å². The molecule has 0 aromatic heterocycles. The van der Waals surface area contributed by atoms with Gasteiger partial charge in [0.05, 0.1) is 36.3 Å². The van der Waals surface area contributed by atoms with E-state index in [1.807, 2.05) is 6.92 Å². The Labute approximate surface area is 260 Å². The maximum Gasteiger partial charge on any atom is 0.163 e. The van der Waals surface area contributed by atoms with Gasteiger partial charge in [0.25, 0.3) is 0 Å². The van der Waals surface area contributed by atoms with Crippen molar-refractivity contribution in [3.05, 3.63) is 24.0 Å². The Kier molecular flexibility index (Phi) is 10.5. The number of aliphatic hydroxyl groups excluding tert-OH is 1. The predicted molar refractivity (Wildman–Crippen MR) is 166 cm³/mol. The molecular weight excluding hydrogens is 544 g/mol. The number of carbonyl (C=O) groups excluding carboxylic acids is 1. The van der Waals surface area contributed by atoms with E-state index in [1.54, 1.807) is 14.2 Å². The summed E-state index contributed by atoms with van der Waals surface area (Å²) in [6, 6.07) is 0. The lowest BCUT2D eigenvalue weighted by Crippen LogP contribution is -2.55. The highest BCUT2D eigenvalue weighted by atomic mass is 16.7. The third kappa shape index (κ3) is 6.27. The van der Waals surface area contributed by atoms with Crippen LogP contribution in [0.2, 0.25) is 0 Å². The second kappa shape index (κ2) is 13.6. The lowest BCUT2D eigenvalue weighted by molar-refractivity contribution is -0.292. The molecule has 0 spiro atoms. The van der Waals surface area contributed by atoms with Crippen molar-refractivity contribution in [3.8, 4) is 0 Å². The van der Waals surface area contributed by atoms with E-state index in [-0.39, 0.29) is 78.1 Å². The van der Waals surface area contributed by atoms with E-state index in [0.717, 1.165) is 49.9 Å². The number of ether oxygens (including phenoxy) is 5. The van der Waals surface area contributed by atoms with Crippen LogP contribution in [0.1, 0.15) is 86.5 Å². The quantitative estimate of drug-likeness (QED) is 0.394. The highest BCUT2D eigenvalue weighted by Crippen LogP contribution is 2.59. The fourth-order valence-electron chi connectivity index (χ4n) is 9.59. The van der Waals surface area contributed by atoms with Gasteiger partial charge in [-0.25, -0.2) is 0 Å². The lowest BCUT2D eigenvalue weighted by Gasteiger charge is -2.46. The first kappa shape index (κ1) is 33.1. The van der Waals surface area contributed by atoms with E-state index in [1.165, 1.54) is 0 Å². The van der Waals surface area contributed by atoms with Crippen LogP contribution < -0.4 is 0 Å². The van der Waals surface area contributed by atoms with Crippen LogP contribution in [0.3, 0.4) is 0 Å². The zero-order chi connectivity index (χ0) is 31.2. The molecular formula is C36H58O7. The van der Waals surface area contributed by atoms with Crippen molar-refractivity contribution in [2.45, 2.75) is 129 Å². The van der Waals surface area contributed by atoms with Gasteiger partial charge in [0.2, 0.25) is 0 Å². The van der Waals surface area contributed by atoms with Crippen LogP contribution in [-0.2, 0) is 28.5 Å². The molecule has 43 heavy (non-hydrogen) atoms. The highest BCUT2D eigenvalue weighted by Gasteiger charge is 2.58. The SMILES string of the molecule is C=C1C[C@@H]2C(=C[C@H]3[C@@H]4C[C@H](O[C@@H]5OC(C)[C@H](OC)C(OC)C5C)C[C@H]4[C@H](C)[C@@H](O)[C@H]32)C(=O)[C@H](C)[C@@H](C)CCC[C@H](CC)O1. The van der Waals surface area contributed by atoms with Crippen molar-refractivity contribution in [1.82, 2.24) is 0 Å². The summed E-state index contributed by atoms with van der Waals surface area (Å²) in [7, 11) is 3.43. The van der Waals surface area contributed by atoms with Crippen LogP contribution in [-0.4, -0.2) is 68.0 Å². The predicted octanol–water partition coefficient (Wildman–Crippen LogP) is 6.33. The number of ketones is 1. The van der Waals surface area contributed by atoms with Crippen molar-refractivity contribution in [1.29, 1.82) is 0 Å². The van der Waals surface area contributed by atoms with Crippen molar-refractivity contribution < 1.29 is 33.6 Å². The second-order valence-corrected chi connectivity index (χ2v) is 14.7. The summed E-state index contributed by atoms with van der Waals surface area (Å²) in [5.74, 6) is 2.17. The number of Topliss-reactive ketones (excluding diaryl/α,β-unsaturated/α-hetero) is 1. The monoisotopic (exact) mass is 602 g/mol. The summed E-state index contributed by atoms with van der Waals surface area (Å²) < 4.78 is 31.0. The third-order valence-corrected chi connectivity index (χ3v) is 12.3. The van der Waals surface area contributed by atoms with Crippen LogP contribution in [0.25, 0.3) is 0 Å². The molecule has 7 heteroatoms. The number of aliphatic hydroxyl groups is 1. The zero-order valence-corrected chi connectivity index (χ0v) is 27.9.